The molecule has 1 aliphatic heterocycles. The zero-order chi connectivity index (χ0) is 12.0. The van der Waals surface area contributed by atoms with Crippen LogP contribution < -0.4 is 10.6 Å². The van der Waals surface area contributed by atoms with Gasteiger partial charge in [0.2, 0.25) is 5.91 Å². The topological polar surface area (TPSA) is 81.6 Å². The second-order valence-electron chi connectivity index (χ2n) is 4.56. The van der Waals surface area contributed by atoms with Crippen LogP contribution in [0.2, 0.25) is 0 Å². The molecule has 0 radical (unpaired) electrons. The van der Waals surface area contributed by atoms with Crippen LogP contribution in [0.25, 0.3) is 0 Å². The Bertz CT molecular complexity index is 215. The predicted molar refractivity (Wildman–Crippen MR) is 60.9 cm³/mol. The maximum Gasteiger partial charge on any atom is 0.220 e. The van der Waals surface area contributed by atoms with Crippen LogP contribution in [0.4, 0.5) is 0 Å². The van der Waals surface area contributed by atoms with Crippen LogP contribution in [0.1, 0.15) is 26.2 Å². The Hall–Kier alpha value is -0.650. The van der Waals surface area contributed by atoms with Crippen molar-refractivity contribution in [2.24, 2.45) is 5.92 Å². The SMILES string of the molecule is CCC(CO)(CO)NC(=O)CC1CCNC1. The molecule has 5 heteroatoms. The Morgan fingerprint density at radius 2 is 2.19 bits per heavy atom. The summed E-state index contributed by atoms with van der Waals surface area (Å²) in [5, 5.41) is 24.3. The molecule has 0 aromatic carbocycles. The molecule has 1 fully saturated rings. The molecule has 0 aromatic heterocycles. The number of amides is 1. The molecular formula is C11H22N2O3. The Balaban J connectivity index is 2.41. The van der Waals surface area contributed by atoms with E-state index in [4.69, 9.17) is 0 Å². The molecule has 0 saturated carbocycles. The number of aliphatic hydroxyl groups is 2. The van der Waals surface area contributed by atoms with Gasteiger partial charge in [-0.25, -0.2) is 0 Å². The van der Waals surface area contributed by atoms with Crippen molar-refractivity contribution in [3.63, 3.8) is 0 Å². The van der Waals surface area contributed by atoms with Gasteiger partial charge in [-0.15, -0.1) is 0 Å². The highest BCUT2D eigenvalue weighted by molar-refractivity contribution is 5.77. The smallest absolute Gasteiger partial charge is 0.220 e. The van der Waals surface area contributed by atoms with E-state index >= 15 is 0 Å². The average molecular weight is 230 g/mol. The van der Waals surface area contributed by atoms with E-state index in [0.29, 0.717) is 18.8 Å². The molecule has 0 spiro atoms. The molecule has 1 aliphatic rings. The fourth-order valence-corrected chi connectivity index (χ4v) is 1.94. The van der Waals surface area contributed by atoms with E-state index in [2.05, 4.69) is 10.6 Å². The van der Waals surface area contributed by atoms with Crippen molar-refractivity contribution in [2.75, 3.05) is 26.3 Å². The predicted octanol–water partition coefficient (Wildman–Crippen LogP) is -0.764. The minimum atomic E-state index is -0.858. The summed E-state index contributed by atoms with van der Waals surface area (Å²) in [7, 11) is 0. The number of hydrogen-bond donors (Lipinski definition) is 4. The van der Waals surface area contributed by atoms with Crippen LogP contribution in [0.5, 0.6) is 0 Å². The highest BCUT2D eigenvalue weighted by Gasteiger charge is 2.29. The van der Waals surface area contributed by atoms with Gasteiger partial charge < -0.3 is 20.8 Å². The lowest BCUT2D eigenvalue weighted by atomic mass is 9.97. The number of carbonyl (C=O) groups excluding carboxylic acids is 1. The summed E-state index contributed by atoms with van der Waals surface area (Å²) in [6.07, 6.45) is 2.01. The second-order valence-corrected chi connectivity index (χ2v) is 4.56. The molecule has 1 heterocycles. The van der Waals surface area contributed by atoms with E-state index in [1.807, 2.05) is 6.92 Å². The Morgan fingerprint density at radius 1 is 1.50 bits per heavy atom. The van der Waals surface area contributed by atoms with E-state index in [9.17, 15) is 15.0 Å². The van der Waals surface area contributed by atoms with Gasteiger partial charge in [0.1, 0.15) is 0 Å². The molecule has 94 valence electrons. The number of hydrogen-bond acceptors (Lipinski definition) is 4. The van der Waals surface area contributed by atoms with Gasteiger partial charge in [-0.1, -0.05) is 6.92 Å². The molecule has 1 atom stereocenters. The number of rotatable bonds is 6. The van der Waals surface area contributed by atoms with Gasteiger partial charge in [0, 0.05) is 6.42 Å². The van der Waals surface area contributed by atoms with Crippen molar-refractivity contribution >= 4 is 5.91 Å². The zero-order valence-corrected chi connectivity index (χ0v) is 9.83. The van der Waals surface area contributed by atoms with Gasteiger partial charge >= 0.3 is 0 Å². The van der Waals surface area contributed by atoms with Gasteiger partial charge in [-0.3, -0.25) is 4.79 Å². The lowest BCUT2D eigenvalue weighted by molar-refractivity contribution is -0.125. The van der Waals surface area contributed by atoms with E-state index in [1.165, 1.54) is 0 Å². The van der Waals surface area contributed by atoms with Gasteiger partial charge in [0.15, 0.2) is 0 Å². The molecule has 0 aromatic rings. The van der Waals surface area contributed by atoms with Gasteiger partial charge in [0.25, 0.3) is 0 Å². The second kappa shape index (κ2) is 6.18. The molecule has 1 saturated heterocycles. The molecule has 1 amide bonds. The number of carbonyl (C=O) groups is 1. The highest BCUT2D eigenvalue weighted by atomic mass is 16.3. The summed E-state index contributed by atoms with van der Waals surface area (Å²) < 4.78 is 0. The maximum absolute atomic E-state index is 11.7. The van der Waals surface area contributed by atoms with Crippen LogP contribution in [0, 0.1) is 5.92 Å². The molecule has 4 N–H and O–H groups in total. The standard InChI is InChI=1S/C11H22N2O3/c1-2-11(7-14,8-15)13-10(16)5-9-3-4-12-6-9/h9,12,14-15H,2-8H2,1H3,(H,13,16). The van der Waals surface area contributed by atoms with Gasteiger partial charge in [-0.2, -0.15) is 0 Å². The summed E-state index contributed by atoms with van der Waals surface area (Å²) in [5.41, 5.74) is -0.858. The lowest BCUT2D eigenvalue weighted by Crippen LogP contribution is -2.54. The fraction of sp³-hybridized carbons (Fsp3) is 0.909. The maximum atomic E-state index is 11.7. The summed E-state index contributed by atoms with van der Waals surface area (Å²) in [6.45, 7) is 3.23. The first-order chi connectivity index (χ1) is 7.65. The quantitative estimate of drug-likeness (QED) is 0.483. The normalized spacial score (nSPS) is 21.1. The van der Waals surface area contributed by atoms with Crippen LogP contribution >= 0.6 is 0 Å². The third-order valence-corrected chi connectivity index (χ3v) is 3.32. The summed E-state index contributed by atoms with van der Waals surface area (Å²) in [4.78, 5) is 11.7. The van der Waals surface area contributed by atoms with Crippen LogP contribution in [0.3, 0.4) is 0 Å². The first-order valence-electron chi connectivity index (χ1n) is 5.89. The Labute approximate surface area is 96.2 Å². The van der Waals surface area contributed by atoms with Gasteiger partial charge in [0.05, 0.1) is 18.8 Å². The fourth-order valence-electron chi connectivity index (χ4n) is 1.94. The molecule has 1 unspecified atom stereocenters. The molecule has 0 aliphatic carbocycles. The van der Waals surface area contributed by atoms with Crippen molar-refractivity contribution < 1.29 is 15.0 Å². The monoisotopic (exact) mass is 230 g/mol. The molecule has 5 nitrogen and oxygen atoms in total. The van der Waals surface area contributed by atoms with Crippen LogP contribution in [-0.4, -0.2) is 48.0 Å². The van der Waals surface area contributed by atoms with Crippen molar-refractivity contribution in [3.05, 3.63) is 0 Å². The first kappa shape index (κ1) is 13.4. The van der Waals surface area contributed by atoms with E-state index in [0.717, 1.165) is 19.5 Å². The van der Waals surface area contributed by atoms with E-state index < -0.39 is 5.54 Å². The van der Waals surface area contributed by atoms with Crippen molar-refractivity contribution in [2.45, 2.75) is 31.7 Å². The van der Waals surface area contributed by atoms with Crippen LogP contribution in [0.15, 0.2) is 0 Å². The van der Waals surface area contributed by atoms with Gasteiger partial charge in [-0.05, 0) is 31.8 Å². The lowest BCUT2D eigenvalue weighted by Gasteiger charge is -2.30. The third kappa shape index (κ3) is 3.43. The number of nitrogens with one attached hydrogen (secondary N) is 2. The average Bonchev–Trinajstić information content (AvgIpc) is 2.79. The molecule has 0 bridgehead atoms. The van der Waals surface area contributed by atoms with Crippen LogP contribution in [-0.2, 0) is 4.79 Å². The zero-order valence-electron chi connectivity index (χ0n) is 9.83. The summed E-state index contributed by atoms with van der Waals surface area (Å²) in [5.74, 6) is 0.297. The summed E-state index contributed by atoms with van der Waals surface area (Å²) >= 11 is 0. The molecule has 16 heavy (non-hydrogen) atoms. The molecular weight excluding hydrogens is 208 g/mol. The first-order valence-corrected chi connectivity index (χ1v) is 5.89. The summed E-state index contributed by atoms with van der Waals surface area (Å²) in [6, 6.07) is 0. The third-order valence-electron chi connectivity index (χ3n) is 3.32. The van der Waals surface area contributed by atoms with Crippen molar-refractivity contribution in [1.82, 2.24) is 10.6 Å². The Morgan fingerprint density at radius 3 is 2.62 bits per heavy atom. The highest BCUT2D eigenvalue weighted by Crippen LogP contribution is 2.14. The number of aliphatic hydroxyl groups excluding tert-OH is 2. The minimum Gasteiger partial charge on any atom is -0.394 e. The van der Waals surface area contributed by atoms with E-state index in [1.54, 1.807) is 0 Å². The minimum absolute atomic E-state index is 0.0846. The molecule has 1 rings (SSSR count). The van der Waals surface area contributed by atoms with E-state index in [-0.39, 0.29) is 19.1 Å². The van der Waals surface area contributed by atoms with Crippen molar-refractivity contribution in [3.8, 4) is 0 Å². The Kier molecular flexibility index (Phi) is 5.18. The largest absolute Gasteiger partial charge is 0.394 e. The van der Waals surface area contributed by atoms with Crippen molar-refractivity contribution in [1.29, 1.82) is 0 Å².